The molecule has 0 unspecified atom stereocenters. The van der Waals surface area contributed by atoms with Crippen molar-refractivity contribution in [2.45, 2.75) is 37.8 Å². The summed E-state index contributed by atoms with van der Waals surface area (Å²) in [4.78, 5) is 15.4. The van der Waals surface area contributed by atoms with E-state index in [1.165, 1.54) is 0 Å². The number of para-hydroxylation sites is 1. The highest BCUT2D eigenvalue weighted by Gasteiger charge is 2.49. The summed E-state index contributed by atoms with van der Waals surface area (Å²) in [6.45, 7) is 1.86. The molecule has 1 aromatic carbocycles. The van der Waals surface area contributed by atoms with Crippen molar-refractivity contribution in [3.8, 4) is 5.75 Å². The van der Waals surface area contributed by atoms with Crippen molar-refractivity contribution < 1.29 is 14.6 Å². The highest BCUT2D eigenvalue weighted by Crippen LogP contribution is 2.35. The van der Waals surface area contributed by atoms with Gasteiger partial charge in [0.15, 0.2) is 11.3 Å². The van der Waals surface area contributed by atoms with Gasteiger partial charge in [0, 0.05) is 4.91 Å². The average Bonchev–Trinajstić information content (AvgIpc) is 2.48. The number of hydrogen-bond acceptors (Lipinski definition) is 4. The van der Waals surface area contributed by atoms with Gasteiger partial charge in [-0.15, -0.1) is 0 Å². The van der Waals surface area contributed by atoms with Crippen molar-refractivity contribution in [2.75, 3.05) is 6.61 Å². The van der Waals surface area contributed by atoms with Crippen molar-refractivity contribution >= 4 is 5.78 Å². The number of unbranched alkanes of at least 4 members (excludes halogenated alkanes) is 1. The first kappa shape index (κ1) is 14.4. The zero-order chi connectivity index (χ0) is 14.6. The van der Waals surface area contributed by atoms with Crippen LogP contribution in [0, 0.1) is 0 Å². The first-order valence-electron chi connectivity index (χ1n) is 6.66. The minimum atomic E-state index is -1.56. The largest absolute Gasteiger partial charge is 0.492 e. The Hall–Kier alpha value is -2.04. The molecule has 0 bridgehead atoms. The second kappa shape index (κ2) is 5.94. The summed E-state index contributed by atoms with van der Waals surface area (Å²) < 4.78 is 5.52. The Morgan fingerprint density at radius 1 is 1.55 bits per heavy atom. The maximum Gasteiger partial charge on any atom is 0.184 e. The Balaban J connectivity index is 2.40. The van der Waals surface area contributed by atoms with Gasteiger partial charge in [-0.3, -0.25) is 4.79 Å². The van der Waals surface area contributed by atoms with Crippen LogP contribution in [0.2, 0.25) is 0 Å². The number of rotatable bonds is 5. The number of Topliss-reactive ketones (excluding diaryl/α,β-unsaturated/α-hetero) is 1. The highest BCUT2D eigenvalue weighted by atomic mass is 16.5. The lowest BCUT2D eigenvalue weighted by Gasteiger charge is -2.36. The van der Waals surface area contributed by atoms with Gasteiger partial charge in [0.05, 0.1) is 11.7 Å². The molecular weight excluding hydrogens is 258 g/mol. The van der Waals surface area contributed by atoms with E-state index in [0.717, 1.165) is 12.8 Å². The van der Waals surface area contributed by atoms with Crippen LogP contribution in [0.15, 0.2) is 29.4 Å². The number of aliphatic hydroxyl groups excluding tert-OH is 1. The molecule has 0 saturated heterocycles. The number of fused-ring (bicyclic) bond motifs is 1. The smallest absolute Gasteiger partial charge is 0.184 e. The summed E-state index contributed by atoms with van der Waals surface area (Å²) >= 11 is 0. The van der Waals surface area contributed by atoms with Crippen molar-refractivity contribution in [1.29, 1.82) is 0 Å². The van der Waals surface area contributed by atoms with E-state index >= 15 is 0 Å². The van der Waals surface area contributed by atoms with E-state index < -0.39 is 11.6 Å². The highest BCUT2D eigenvalue weighted by molar-refractivity contribution is 6.07. The van der Waals surface area contributed by atoms with E-state index in [2.05, 4.69) is 10.0 Å². The Morgan fingerprint density at radius 3 is 3.00 bits per heavy atom. The molecule has 20 heavy (non-hydrogen) atoms. The molecule has 0 radical (unpaired) electrons. The molecule has 0 fully saturated rings. The Bertz CT molecular complexity index is 554. The summed E-state index contributed by atoms with van der Waals surface area (Å²) in [6, 6.07) is 6.78. The van der Waals surface area contributed by atoms with Gasteiger partial charge in [-0.1, -0.05) is 37.0 Å². The number of aliphatic hydroxyl groups is 1. The van der Waals surface area contributed by atoms with Gasteiger partial charge in [0.25, 0.3) is 0 Å². The zero-order valence-electron chi connectivity index (χ0n) is 11.3. The number of benzene rings is 1. The molecule has 1 heterocycles. The molecule has 2 rings (SSSR count). The Labute approximate surface area is 117 Å². The van der Waals surface area contributed by atoms with Crippen molar-refractivity contribution in [3.05, 3.63) is 40.3 Å². The summed E-state index contributed by atoms with van der Waals surface area (Å²) in [5.74, 6) is 0.0877. The number of carbonyl (C=O) groups is 1. The molecule has 1 aliphatic rings. The van der Waals surface area contributed by atoms with Crippen molar-refractivity contribution in [1.82, 2.24) is 0 Å². The van der Waals surface area contributed by atoms with E-state index in [4.69, 9.17) is 10.3 Å². The van der Waals surface area contributed by atoms with Crippen LogP contribution in [0.25, 0.3) is 10.4 Å². The predicted molar refractivity (Wildman–Crippen MR) is 73.7 cm³/mol. The van der Waals surface area contributed by atoms with Gasteiger partial charge >= 0.3 is 0 Å². The lowest BCUT2D eigenvalue weighted by atomic mass is 9.81. The van der Waals surface area contributed by atoms with Crippen molar-refractivity contribution in [3.63, 3.8) is 0 Å². The topological polar surface area (TPSA) is 95.3 Å². The number of ether oxygens (including phenoxy) is 1. The van der Waals surface area contributed by atoms with Crippen LogP contribution in [0.4, 0.5) is 0 Å². The summed E-state index contributed by atoms with van der Waals surface area (Å²) in [5, 5.41) is 13.9. The van der Waals surface area contributed by atoms with Gasteiger partial charge < -0.3 is 9.84 Å². The molecule has 1 aromatic rings. The standard InChI is InChI=1S/C14H17N3O3/c1-2-3-8-12(18)14(16-17-15)9-20-11-7-5-4-6-10(11)13(14)19/h4-7,12,18H,2-3,8-9H2,1H3/t12-,14+/m1/s1. The molecule has 1 N–H and O–H groups in total. The summed E-state index contributed by atoms with van der Waals surface area (Å²) in [6.07, 6.45) is 0.986. The maximum absolute atomic E-state index is 12.6. The van der Waals surface area contributed by atoms with Gasteiger partial charge in [0.1, 0.15) is 12.4 Å². The Kier molecular flexibility index (Phi) is 4.27. The third-order valence-corrected chi connectivity index (χ3v) is 3.58. The normalized spacial score (nSPS) is 22.4. The minimum Gasteiger partial charge on any atom is -0.492 e. The first-order chi connectivity index (χ1) is 9.65. The SMILES string of the molecule is CCCC[C@@H](O)[C@@]1(N=[N+]=[N-])COc2ccccc2C1=O. The third kappa shape index (κ3) is 2.35. The molecule has 0 saturated carbocycles. The fourth-order valence-electron chi connectivity index (χ4n) is 2.37. The van der Waals surface area contributed by atoms with Crippen LogP contribution >= 0.6 is 0 Å². The van der Waals surface area contributed by atoms with Crippen LogP contribution in [0.1, 0.15) is 36.5 Å². The molecule has 106 valence electrons. The number of azide groups is 1. The van der Waals surface area contributed by atoms with Crippen LogP contribution in [-0.2, 0) is 0 Å². The van der Waals surface area contributed by atoms with E-state index in [1.54, 1.807) is 24.3 Å². The molecule has 0 spiro atoms. The zero-order valence-corrected chi connectivity index (χ0v) is 11.3. The van der Waals surface area contributed by atoms with Gasteiger partial charge in [-0.25, -0.2) is 0 Å². The fourth-order valence-corrected chi connectivity index (χ4v) is 2.37. The molecule has 6 heteroatoms. The second-order valence-electron chi connectivity index (χ2n) is 4.89. The minimum absolute atomic E-state index is 0.127. The third-order valence-electron chi connectivity index (χ3n) is 3.58. The van der Waals surface area contributed by atoms with Gasteiger partial charge in [0.2, 0.25) is 0 Å². The summed E-state index contributed by atoms with van der Waals surface area (Å²) in [5.41, 5.74) is 7.55. The monoisotopic (exact) mass is 275 g/mol. The lowest BCUT2D eigenvalue weighted by molar-refractivity contribution is 0.0305. The number of ketones is 1. The lowest BCUT2D eigenvalue weighted by Crippen LogP contribution is -2.54. The van der Waals surface area contributed by atoms with Gasteiger partial charge in [-0.2, -0.15) is 0 Å². The number of nitrogens with zero attached hydrogens (tertiary/aromatic N) is 3. The molecule has 0 amide bonds. The number of hydrogen-bond donors (Lipinski definition) is 1. The number of carbonyl (C=O) groups excluding carboxylic acids is 1. The van der Waals surface area contributed by atoms with Gasteiger partial charge in [-0.05, 0) is 24.1 Å². The first-order valence-corrected chi connectivity index (χ1v) is 6.66. The molecular formula is C14H17N3O3. The van der Waals surface area contributed by atoms with Crippen LogP contribution < -0.4 is 4.74 Å². The predicted octanol–water partition coefficient (Wildman–Crippen LogP) is 2.86. The quantitative estimate of drug-likeness (QED) is 0.508. The van der Waals surface area contributed by atoms with Crippen LogP contribution in [-0.4, -0.2) is 29.1 Å². The molecule has 6 nitrogen and oxygen atoms in total. The van der Waals surface area contributed by atoms with E-state index in [0.29, 0.717) is 17.7 Å². The average molecular weight is 275 g/mol. The van der Waals surface area contributed by atoms with Crippen molar-refractivity contribution in [2.24, 2.45) is 5.11 Å². The van der Waals surface area contributed by atoms with Crippen LogP contribution in [0.3, 0.4) is 0 Å². The molecule has 1 aliphatic heterocycles. The maximum atomic E-state index is 12.6. The molecule has 0 aromatic heterocycles. The fraction of sp³-hybridized carbons (Fsp3) is 0.500. The second-order valence-corrected chi connectivity index (χ2v) is 4.89. The van der Waals surface area contributed by atoms with E-state index in [9.17, 15) is 9.90 Å². The Morgan fingerprint density at radius 2 is 2.30 bits per heavy atom. The van der Waals surface area contributed by atoms with E-state index in [1.807, 2.05) is 6.92 Å². The molecule has 2 atom stereocenters. The molecule has 0 aliphatic carbocycles. The van der Waals surface area contributed by atoms with Crippen LogP contribution in [0.5, 0.6) is 5.75 Å². The van der Waals surface area contributed by atoms with E-state index in [-0.39, 0.29) is 12.4 Å². The summed E-state index contributed by atoms with van der Waals surface area (Å²) in [7, 11) is 0.